The summed E-state index contributed by atoms with van der Waals surface area (Å²) in [6, 6.07) is 6.74. The molecule has 0 aliphatic heterocycles. The number of nitrogens with zero attached hydrogens (tertiary/aromatic N) is 3. The van der Waals surface area contributed by atoms with Crippen LogP contribution in [0.25, 0.3) is 10.6 Å². The van der Waals surface area contributed by atoms with Crippen LogP contribution in [0.15, 0.2) is 48.2 Å². The molecule has 24 heavy (non-hydrogen) atoms. The summed E-state index contributed by atoms with van der Waals surface area (Å²) in [4.78, 5) is 35.3. The van der Waals surface area contributed by atoms with Crippen LogP contribution in [0.4, 0.5) is 10.5 Å². The van der Waals surface area contributed by atoms with Gasteiger partial charge in [0.05, 0.1) is 0 Å². The van der Waals surface area contributed by atoms with E-state index in [2.05, 4.69) is 20.3 Å². The van der Waals surface area contributed by atoms with Gasteiger partial charge < -0.3 is 15.8 Å². The number of amides is 2. The number of primary amides is 1. The minimum Gasteiger partial charge on any atom is -0.389 e. The van der Waals surface area contributed by atoms with E-state index in [1.807, 2.05) is 0 Å². The SMILES string of the molecule is NC(=O)Oc1ncccc1NC(=O)c1csc(-c2ccncc2)n1. The number of nitrogens with two attached hydrogens (primary N) is 1. The van der Waals surface area contributed by atoms with Crippen LogP contribution in [0.5, 0.6) is 5.88 Å². The molecule has 0 bridgehead atoms. The summed E-state index contributed by atoms with van der Waals surface area (Å²) in [6.07, 6.45) is 3.70. The summed E-state index contributed by atoms with van der Waals surface area (Å²) in [7, 11) is 0. The van der Waals surface area contributed by atoms with Gasteiger partial charge in [-0.05, 0) is 24.3 Å². The van der Waals surface area contributed by atoms with Gasteiger partial charge in [0.1, 0.15) is 16.4 Å². The van der Waals surface area contributed by atoms with Gasteiger partial charge >= 0.3 is 6.09 Å². The molecule has 3 heterocycles. The lowest BCUT2D eigenvalue weighted by molar-refractivity contribution is 0.102. The van der Waals surface area contributed by atoms with Crippen LogP contribution in [0.1, 0.15) is 10.5 Å². The van der Waals surface area contributed by atoms with E-state index in [-0.39, 0.29) is 17.3 Å². The number of hydrogen-bond donors (Lipinski definition) is 2. The van der Waals surface area contributed by atoms with Crippen molar-refractivity contribution in [3.05, 3.63) is 53.9 Å². The predicted molar refractivity (Wildman–Crippen MR) is 87.7 cm³/mol. The van der Waals surface area contributed by atoms with Crippen LogP contribution in [-0.2, 0) is 0 Å². The molecular weight excluding hydrogens is 330 g/mol. The maximum absolute atomic E-state index is 12.3. The van der Waals surface area contributed by atoms with Gasteiger partial charge in [0.25, 0.3) is 5.91 Å². The topological polar surface area (TPSA) is 120 Å². The molecule has 8 nitrogen and oxygen atoms in total. The second-order valence-corrected chi connectivity index (χ2v) is 5.36. The highest BCUT2D eigenvalue weighted by atomic mass is 32.1. The largest absolute Gasteiger partial charge is 0.411 e. The molecule has 0 aliphatic carbocycles. The number of nitrogens with one attached hydrogen (secondary N) is 1. The van der Waals surface area contributed by atoms with Crippen molar-refractivity contribution < 1.29 is 14.3 Å². The number of anilines is 1. The summed E-state index contributed by atoms with van der Waals surface area (Å²) in [5, 5.41) is 4.93. The van der Waals surface area contributed by atoms with Crippen molar-refractivity contribution in [2.45, 2.75) is 0 Å². The Balaban J connectivity index is 1.79. The first kappa shape index (κ1) is 15.6. The Hall–Kier alpha value is -3.33. The zero-order chi connectivity index (χ0) is 16.9. The molecular formula is C15H11N5O3S. The number of pyridine rings is 2. The van der Waals surface area contributed by atoms with E-state index in [4.69, 9.17) is 10.5 Å². The molecule has 0 saturated heterocycles. The van der Waals surface area contributed by atoms with Crippen LogP contribution in [0.2, 0.25) is 0 Å². The first-order valence-electron chi connectivity index (χ1n) is 6.73. The molecule has 0 unspecified atom stereocenters. The van der Waals surface area contributed by atoms with Gasteiger partial charge in [-0.25, -0.2) is 14.8 Å². The Kier molecular flexibility index (Phi) is 4.43. The normalized spacial score (nSPS) is 10.2. The summed E-state index contributed by atoms with van der Waals surface area (Å²) >= 11 is 1.34. The highest BCUT2D eigenvalue weighted by Crippen LogP contribution is 2.25. The molecule has 0 aromatic carbocycles. The summed E-state index contributed by atoms with van der Waals surface area (Å²) in [5.74, 6) is -0.531. The van der Waals surface area contributed by atoms with Gasteiger partial charge in [-0.2, -0.15) is 0 Å². The zero-order valence-corrected chi connectivity index (χ0v) is 13.0. The van der Waals surface area contributed by atoms with E-state index in [1.165, 1.54) is 17.5 Å². The van der Waals surface area contributed by atoms with Gasteiger partial charge in [-0.15, -0.1) is 11.3 Å². The van der Waals surface area contributed by atoms with Crippen molar-refractivity contribution in [3.63, 3.8) is 0 Å². The maximum Gasteiger partial charge on any atom is 0.411 e. The molecule has 0 saturated carbocycles. The molecule has 3 rings (SSSR count). The lowest BCUT2D eigenvalue weighted by Gasteiger charge is -2.07. The van der Waals surface area contributed by atoms with E-state index in [1.54, 1.807) is 42.0 Å². The smallest absolute Gasteiger partial charge is 0.389 e. The van der Waals surface area contributed by atoms with Crippen LogP contribution >= 0.6 is 11.3 Å². The minimum atomic E-state index is -1.02. The standard InChI is InChI=1S/C15H11N5O3S/c16-15(22)23-13-10(2-1-5-18-13)19-12(21)11-8-24-14(20-11)9-3-6-17-7-4-9/h1-8H,(H2,16,22)(H,19,21). The van der Waals surface area contributed by atoms with Crippen molar-refractivity contribution in [1.82, 2.24) is 15.0 Å². The van der Waals surface area contributed by atoms with Gasteiger partial charge in [-0.3, -0.25) is 9.78 Å². The number of carbonyl (C=O) groups is 2. The molecule has 0 spiro atoms. The second kappa shape index (κ2) is 6.84. The molecule has 120 valence electrons. The summed E-state index contributed by atoms with van der Waals surface area (Å²) < 4.78 is 4.74. The lowest BCUT2D eigenvalue weighted by Crippen LogP contribution is -2.19. The zero-order valence-electron chi connectivity index (χ0n) is 12.2. The molecule has 9 heteroatoms. The molecule has 3 aromatic rings. The van der Waals surface area contributed by atoms with Crippen molar-refractivity contribution >= 4 is 29.0 Å². The third kappa shape index (κ3) is 3.52. The third-order valence-electron chi connectivity index (χ3n) is 2.88. The fourth-order valence-electron chi connectivity index (χ4n) is 1.85. The Bertz CT molecular complexity index is 882. The van der Waals surface area contributed by atoms with Crippen molar-refractivity contribution in [2.75, 3.05) is 5.32 Å². The number of hydrogen-bond acceptors (Lipinski definition) is 7. The maximum atomic E-state index is 12.3. The highest BCUT2D eigenvalue weighted by Gasteiger charge is 2.15. The average Bonchev–Trinajstić information content (AvgIpc) is 3.07. The number of thiazole rings is 1. The first-order chi connectivity index (χ1) is 11.6. The second-order valence-electron chi connectivity index (χ2n) is 4.51. The lowest BCUT2D eigenvalue weighted by atomic mass is 10.3. The Morgan fingerprint density at radius 1 is 1.17 bits per heavy atom. The van der Waals surface area contributed by atoms with Gasteiger partial charge in [-0.1, -0.05) is 0 Å². The van der Waals surface area contributed by atoms with Gasteiger partial charge in [0.2, 0.25) is 5.88 Å². The molecule has 3 N–H and O–H groups in total. The number of ether oxygens (including phenoxy) is 1. The number of carbonyl (C=O) groups excluding carboxylic acids is 2. The predicted octanol–water partition coefficient (Wildman–Crippen LogP) is 2.31. The van der Waals surface area contributed by atoms with E-state index < -0.39 is 12.0 Å². The number of rotatable bonds is 4. The quantitative estimate of drug-likeness (QED) is 0.751. The number of aromatic nitrogens is 3. The molecule has 3 aromatic heterocycles. The molecule has 0 atom stereocenters. The summed E-state index contributed by atoms with van der Waals surface area (Å²) in [5.41, 5.74) is 6.30. The van der Waals surface area contributed by atoms with Gasteiger partial charge in [0.15, 0.2) is 0 Å². The molecule has 0 radical (unpaired) electrons. The Labute approximate surface area is 140 Å². The Morgan fingerprint density at radius 2 is 1.96 bits per heavy atom. The van der Waals surface area contributed by atoms with Crippen molar-refractivity contribution in [1.29, 1.82) is 0 Å². The van der Waals surface area contributed by atoms with E-state index in [9.17, 15) is 9.59 Å². The monoisotopic (exact) mass is 341 g/mol. The van der Waals surface area contributed by atoms with Crippen LogP contribution in [0, 0.1) is 0 Å². The van der Waals surface area contributed by atoms with Crippen LogP contribution < -0.4 is 15.8 Å². The van der Waals surface area contributed by atoms with Gasteiger partial charge in [0, 0.05) is 29.5 Å². The third-order valence-corrected chi connectivity index (χ3v) is 3.77. The van der Waals surface area contributed by atoms with E-state index in [0.717, 1.165) is 5.56 Å². The average molecular weight is 341 g/mol. The fraction of sp³-hybridized carbons (Fsp3) is 0. The first-order valence-corrected chi connectivity index (χ1v) is 7.61. The minimum absolute atomic E-state index is 0.0806. The van der Waals surface area contributed by atoms with E-state index >= 15 is 0 Å². The fourth-order valence-corrected chi connectivity index (χ4v) is 2.66. The molecule has 0 aliphatic rings. The van der Waals surface area contributed by atoms with E-state index in [0.29, 0.717) is 5.01 Å². The summed E-state index contributed by atoms with van der Waals surface area (Å²) in [6.45, 7) is 0. The van der Waals surface area contributed by atoms with Crippen LogP contribution in [-0.4, -0.2) is 27.0 Å². The Morgan fingerprint density at radius 3 is 2.71 bits per heavy atom. The van der Waals surface area contributed by atoms with Crippen molar-refractivity contribution in [2.24, 2.45) is 5.73 Å². The van der Waals surface area contributed by atoms with Crippen LogP contribution in [0.3, 0.4) is 0 Å². The molecule has 2 amide bonds. The van der Waals surface area contributed by atoms with Crippen molar-refractivity contribution in [3.8, 4) is 16.5 Å². The molecule has 0 fully saturated rings. The highest BCUT2D eigenvalue weighted by molar-refractivity contribution is 7.13.